The lowest BCUT2D eigenvalue weighted by molar-refractivity contribution is -0.152. The fraction of sp³-hybridized carbons (Fsp3) is 0.944. The number of rotatable bonds is 11. The molecule has 0 aromatic heterocycles. The molecule has 2 aliphatic heterocycles. The molecule has 0 amide bonds. The first-order valence-corrected chi connectivity index (χ1v) is 9.47. The Hall–Kier alpha value is -0.690. The molecule has 0 aromatic rings. The fourth-order valence-corrected chi connectivity index (χ4v) is 3.31. The van der Waals surface area contributed by atoms with E-state index in [9.17, 15) is 15.0 Å². The summed E-state index contributed by atoms with van der Waals surface area (Å²) in [6, 6.07) is 0. The third-order valence-corrected chi connectivity index (χ3v) is 4.84. The zero-order valence-corrected chi connectivity index (χ0v) is 14.7. The van der Waals surface area contributed by atoms with Crippen molar-refractivity contribution in [1.29, 1.82) is 0 Å². The molecular formula is C18H32O6. The lowest BCUT2D eigenvalue weighted by Gasteiger charge is -2.19. The second kappa shape index (κ2) is 10.3. The smallest absolute Gasteiger partial charge is 0.338 e. The molecule has 0 saturated carbocycles. The first-order valence-electron chi connectivity index (χ1n) is 9.47. The SMILES string of the molecule is CCCCCCCCCCCC1OCC(C2OC(=O)C(O)C2O)O1. The monoisotopic (exact) mass is 344 g/mol. The van der Waals surface area contributed by atoms with Gasteiger partial charge < -0.3 is 24.4 Å². The minimum Gasteiger partial charge on any atom is -0.455 e. The van der Waals surface area contributed by atoms with Crippen LogP contribution in [0, 0.1) is 0 Å². The van der Waals surface area contributed by atoms with E-state index in [1.54, 1.807) is 0 Å². The number of aliphatic hydroxyl groups excluding tert-OH is 2. The predicted octanol–water partition coefficient (Wildman–Crippen LogP) is 2.30. The number of hydrogen-bond donors (Lipinski definition) is 2. The summed E-state index contributed by atoms with van der Waals surface area (Å²) in [6.07, 6.45) is 7.88. The standard InChI is InChI=1S/C18H32O6/c1-2-3-4-5-6-7-8-9-10-11-14-22-12-13(23-14)17-15(19)16(20)18(21)24-17/h13-17,19-20H,2-12H2,1H3. The van der Waals surface area contributed by atoms with E-state index in [0.29, 0.717) is 0 Å². The van der Waals surface area contributed by atoms with Gasteiger partial charge in [0.1, 0.15) is 12.2 Å². The highest BCUT2D eigenvalue weighted by Crippen LogP contribution is 2.27. The van der Waals surface area contributed by atoms with Crippen LogP contribution in [-0.2, 0) is 19.0 Å². The number of cyclic esters (lactones) is 1. The zero-order valence-electron chi connectivity index (χ0n) is 14.7. The molecule has 0 spiro atoms. The molecule has 6 nitrogen and oxygen atoms in total. The molecular weight excluding hydrogens is 312 g/mol. The summed E-state index contributed by atoms with van der Waals surface area (Å²) in [6.45, 7) is 2.51. The molecule has 0 radical (unpaired) electrons. The van der Waals surface area contributed by atoms with E-state index in [1.807, 2.05) is 0 Å². The number of carbonyl (C=O) groups excluding carboxylic acids is 1. The molecule has 6 heteroatoms. The maximum atomic E-state index is 11.3. The van der Waals surface area contributed by atoms with Crippen LogP contribution in [0.15, 0.2) is 0 Å². The van der Waals surface area contributed by atoms with E-state index in [-0.39, 0.29) is 12.9 Å². The van der Waals surface area contributed by atoms with Crippen LogP contribution in [0.3, 0.4) is 0 Å². The second-order valence-corrected chi connectivity index (χ2v) is 6.89. The highest BCUT2D eigenvalue weighted by molar-refractivity contribution is 5.77. The number of esters is 1. The molecule has 0 aromatic carbocycles. The van der Waals surface area contributed by atoms with Crippen molar-refractivity contribution in [2.45, 2.75) is 102 Å². The minimum absolute atomic E-state index is 0.282. The number of ether oxygens (including phenoxy) is 3. The van der Waals surface area contributed by atoms with Crippen molar-refractivity contribution in [3.05, 3.63) is 0 Å². The van der Waals surface area contributed by atoms with Gasteiger partial charge in [-0.1, -0.05) is 58.3 Å². The predicted molar refractivity (Wildman–Crippen MR) is 88.4 cm³/mol. The number of aliphatic hydroxyl groups is 2. The number of unbranched alkanes of at least 4 members (excludes halogenated alkanes) is 8. The minimum atomic E-state index is -1.48. The van der Waals surface area contributed by atoms with Gasteiger partial charge in [0.15, 0.2) is 18.5 Å². The van der Waals surface area contributed by atoms with Crippen LogP contribution in [-0.4, -0.2) is 53.5 Å². The first-order chi connectivity index (χ1) is 11.6. The summed E-state index contributed by atoms with van der Waals surface area (Å²) in [5.74, 6) is -0.793. The molecule has 5 unspecified atom stereocenters. The van der Waals surface area contributed by atoms with Crippen LogP contribution >= 0.6 is 0 Å². The maximum Gasteiger partial charge on any atom is 0.338 e. The quantitative estimate of drug-likeness (QED) is 0.442. The first kappa shape index (κ1) is 19.6. The zero-order chi connectivity index (χ0) is 17.4. The van der Waals surface area contributed by atoms with Crippen molar-refractivity contribution in [2.75, 3.05) is 6.61 Å². The lowest BCUT2D eigenvalue weighted by atomic mass is 10.1. The van der Waals surface area contributed by atoms with Gasteiger partial charge in [-0.05, 0) is 12.8 Å². The van der Waals surface area contributed by atoms with Gasteiger partial charge in [0.2, 0.25) is 0 Å². The van der Waals surface area contributed by atoms with Crippen molar-refractivity contribution in [2.24, 2.45) is 0 Å². The summed E-state index contributed by atoms with van der Waals surface area (Å²) >= 11 is 0. The summed E-state index contributed by atoms with van der Waals surface area (Å²) in [4.78, 5) is 11.3. The van der Waals surface area contributed by atoms with Gasteiger partial charge in [-0.3, -0.25) is 0 Å². The van der Waals surface area contributed by atoms with Gasteiger partial charge in [-0.15, -0.1) is 0 Å². The average Bonchev–Trinajstić information content (AvgIpc) is 3.14. The molecule has 2 fully saturated rings. The Morgan fingerprint density at radius 3 is 2.21 bits per heavy atom. The van der Waals surface area contributed by atoms with E-state index in [4.69, 9.17) is 14.2 Å². The second-order valence-electron chi connectivity index (χ2n) is 6.89. The van der Waals surface area contributed by atoms with Gasteiger partial charge in [0.25, 0.3) is 0 Å². The largest absolute Gasteiger partial charge is 0.455 e. The number of carbonyl (C=O) groups is 1. The van der Waals surface area contributed by atoms with Gasteiger partial charge in [0.05, 0.1) is 6.61 Å². The van der Waals surface area contributed by atoms with Gasteiger partial charge in [0, 0.05) is 0 Å². The Bertz CT molecular complexity index is 375. The number of hydrogen-bond acceptors (Lipinski definition) is 6. The van der Waals surface area contributed by atoms with Crippen LogP contribution < -0.4 is 0 Å². The van der Waals surface area contributed by atoms with E-state index in [0.717, 1.165) is 12.8 Å². The van der Waals surface area contributed by atoms with Crippen molar-refractivity contribution in [3.63, 3.8) is 0 Å². The van der Waals surface area contributed by atoms with Gasteiger partial charge in [-0.25, -0.2) is 4.79 Å². The fourth-order valence-electron chi connectivity index (χ4n) is 3.31. The molecule has 2 saturated heterocycles. The molecule has 0 bridgehead atoms. The van der Waals surface area contributed by atoms with Crippen LogP contribution in [0.2, 0.25) is 0 Å². The lowest BCUT2D eigenvalue weighted by Crippen LogP contribution is -2.40. The Balaban J connectivity index is 1.51. The molecule has 140 valence electrons. The molecule has 2 rings (SSSR count). The highest BCUT2D eigenvalue weighted by Gasteiger charge is 2.49. The van der Waals surface area contributed by atoms with Crippen molar-refractivity contribution in [3.8, 4) is 0 Å². The summed E-state index contributed by atoms with van der Waals surface area (Å²) in [7, 11) is 0. The summed E-state index contributed by atoms with van der Waals surface area (Å²) in [5, 5.41) is 19.2. The average molecular weight is 344 g/mol. The maximum absolute atomic E-state index is 11.3. The molecule has 2 N–H and O–H groups in total. The van der Waals surface area contributed by atoms with Crippen LogP contribution in [0.5, 0.6) is 0 Å². The van der Waals surface area contributed by atoms with Crippen molar-refractivity contribution in [1.82, 2.24) is 0 Å². The Kier molecular flexibility index (Phi) is 8.45. The summed E-state index contributed by atoms with van der Waals surface area (Å²) < 4.78 is 16.2. The third kappa shape index (κ3) is 5.69. The topological polar surface area (TPSA) is 85.2 Å². The van der Waals surface area contributed by atoms with Crippen molar-refractivity contribution >= 4 is 5.97 Å². The van der Waals surface area contributed by atoms with Crippen LogP contribution in [0.4, 0.5) is 0 Å². The highest BCUT2D eigenvalue weighted by atomic mass is 16.7. The summed E-state index contributed by atoms with van der Waals surface area (Å²) in [5.41, 5.74) is 0. The van der Waals surface area contributed by atoms with E-state index in [2.05, 4.69) is 6.92 Å². The Morgan fingerprint density at radius 1 is 1.00 bits per heavy atom. The molecule has 24 heavy (non-hydrogen) atoms. The van der Waals surface area contributed by atoms with E-state index in [1.165, 1.54) is 51.4 Å². The van der Waals surface area contributed by atoms with E-state index < -0.39 is 30.4 Å². The normalized spacial score (nSPS) is 33.1. The van der Waals surface area contributed by atoms with Crippen LogP contribution in [0.25, 0.3) is 0 Å². The molecule has 0 aliphatic carbocycles. The van der Waals surface area contributed by atoms with Gasteiger partial charge in [-0.2, -0.15) is 0 Å². The molecule has 5 atom stereocenters. The Morgan fingerprint density at radius 2 is 1.62 bits per heavy atom. The molecule has 2 aliphatic rings. The van der Waals surface area contributed by atoms with Crippen molar-refractivity contribution < 1.29 is 29.2 Å². The Labute approximate surface area is 144 Å². The van der Waals surface area contributed by atoms with Gasteiger partial charge >= 0.3 is 5.97 Å². The van der Waals surface area contributed by atoms with E-state index >= 15 is 0 Å². The van der Waals surface area contributed by atoms with Crippen LogP contribution in [0.1, 0.15) is 71.1 Å². The third-order valence-electron chi connectivity index (χ3n) is 4.84. The molecule has 2 heterocycles.